The van der Waals surface area contributed by atoms with Crippen LogP contribution < -0.4 is 0 Å². The van der Waals surface area contributed by atoms with E-state index < -0.39 is 11.6 Å². The molecule has 0 radical (unpaired) electrons. The second-order valence-electron chi connectivity index (χ2n) is 5.65. The quantitative estimate of drug-likeness (QED) is 0.732. The zero-order valence-electron chi connectivity index (χ0n) is 13.2. The summed E-state index contributed by atoms with van der Waals surface area (Å²) >= 11 is 0. The molecular weight excluding hydrogens is 310 g/mol. The fourth-order valence-corrected chi connectivity index (χ4v) is 2.60. The Hall–Kier alpha value is -2.82. The first-order valence-corrected chi connectivity index (χ1v) is 7.55. The lowest BCUT2D eigenvalue weighted by molar-refractivity contribution is -0.129. The third kappa shape index (κ3) is 3.40. The summed E-state index contributed by atoms with van der Waals surface area (Å²) < 4.78 is 26.7. The molecule has 0 saturated heterocycles. The van der Waals surface area contributed by atoms with Crippen LogP contribution in [0.3, 0.4) is 0 Å². The normalized spacial score (nSPS) is 10.8. The second-order valence-corrected chi connectivity index (χ2v) is 5.65. The molecule has 0 atom stereocenters. The Kier molecular flexibility index (Phi) is 4.51. The van der Waals surface area contributed by atoms with E-state index in [1.165, 1.54) is 17.0 Å². The van der Waals surface area contributed by atoms with E-state index in [9.17, 15) is 13.6 Å². The van der Waals surface area contributed by atoms with E-state index in [1.807, 2.05) is 30.3 Å². The van der Waals surface area contributed by atoms with Crippen LogP contribution in [0, 0.1) is 11.6 Å². The lowest BCUT2D eigenvalue weighted by Gasteiger charge is -2.18. The molecule has 3 aromatic rings. The third-order valence-electron chi connectivity index (χ3n) is 3.91. The average Bonchev–Trinajstić information content (AvgIpc) is 2.57. The van der Waals surface area contributed by atoms with Gasteiger partial charge in [0.25, 0.3) is 0 Å². The number of rotatable bonds is 4. The van der Waals surface area contributed by atoms with Gasteiger partial charge in [0, 0.05) is 36.8 Å². The number of hydrogen-bond donors (Lipinski definition) is 0. The number of carbonyl (C=O) groups excluding carboxylic acids is 1. The molecule has 3 rings (SSSR count). The molecule has 3 nitrogen and oxygen atoms in total. The Balaban J connectivity index is 1.76. The van der Waals surface area contributed by atoms with Gasteiger partial charge in [-0.1, -0.05) is 30.3 Å². The van der Waals surface area contributed by atoms with Crippen LogP contribution in [0.2, 0.25) is 0 Å². The van der Waals surface area contributed by atoms with Crippen molar-refractivity contribution in [3.63, 3.8) is 0 Å². The Bertz CT molecular complexity index is 890. The molecule has 1 amide bonds. The van der Waals surface area contributed by atoms with Gasteiger partial charge in [0.2, 0.25) is 5.91 Å². The maximum atomic E-state index is 13.7. The van der Waals surface area contributed by atoms with Crippen molar-refractivity contribution >= 4 is 16.8 Å². The first-order valence-electron chi connectivity index (χ1n) is 7.55. The summed E-state index contributed by atoms with van der Waals surface area (Å²) in [6, 6.07) is 12.8. The largest absolute Gasteiger partial charge is 0.341 e. The summed E-state index contributed by atoms with van der Waals surface area (Å²) in [6.07, 6.45) is 1.86. The predicted octanol–water partition coefficient (Wildman–Crippen LogP) is 3.71. The number of likely N-dealkylation sites (N-methyl/N-ethyl adjacent to an activating group) is 1. The van der Waals surface area contributed by atoms with Crippen molar-refractivity contribution in [2.24, 2.45) is 0 Å². The first-order chi connectivity index (χ1) is 11.5. The van der Waals surface area contributed by atoms with Gasteiger partial charge in [-0.2, -0.15) is 0 Å². The Morgan fingerprint density at radius 2 is 1.88 bits per heavy atom. The summed E-state index contributed by atoms with van der Waals surface area (Å²) in [6.45, 7) is 0.0864. The van der Waals surface area contributed by atoms with Crippen molar-refractivity contribution in [1.29, 1.82) is 0 Å². The number of hydrogen-bond acceptors (Lipinski definition) is 2. The topological polar surface area (TPSA) is 33.2 Å². The van der Waals surface area contributed by atoms with Gasteiger partial charge >= 0.3 is 0 Å². The van der Waals surface area contributed by atoms with Crippen LogP contribution in [0.5, 0.6) is 0 Å². The van der Waals surface area contributed by atoms with E-state index >= 15 is 0 Å². The van der Waals surface area contributed by atoms with E-state index in [0.717, 1.165) is 22.5 Å². The summed E-state index contributed by atoms with van der Waals surface area (Å²) in [4.78, 5) is 18.2. The molecule has 0 aliphatic carbocycles. The lowest BCUT2D eigenvalue weighted by atomic mass is 10.1. The van der Waals surface area contributed by atoms with Gasteiger partial charge in [0.15, 0.2) is 0 Å². The van der Waals surface area contributed by atoms with Gasteiger partial charge in [-0.05, 0) is 17.7 Å². The number of amides is 1. The molecule has 0 unspecified atom stereocenters. The van der Waals surface area contributed by atoms with E-state index in [4.69, 9.17) is 0 Å². The number of pyridine rings is 1. The number of para-hydroxylation sites is 1. The molecule has 0 spiro atoms. The van der Waals surface area contributed by atoms with E-state index in [-0.39, 0.29) is 24.4 Å². The molecule has 0 aliphatic heterocycles. The monoisotopic (exact) mass is 326 g/mol. The van der Waals surface area contributed by atoms with Gasteiger partial charge < -0.3 is 4.90 Å². The van der Waals surface area contributed by atoms with E-state index in [0.29, 0.717) is 0 Å². The van der Waals surface area contributed by atoms with Crippen LogP contribution >= 0.6 is 0 Å². The lowest BCUT2D eigenvalue weighted by Crippen LogP contribution is -2.28. The summed E-state index contributed by atoms with van der Waals surface area (Å²) in [7, 11) is 1.60. The summed E-state index contributed by atoms with van der Waals surface area (Å²) in [5, 5.41) is 0.968. The molecule has 1 aromatic heterocycles. The van der Waals surface area contributed by atoms with Gasteiger partial charge in [0.05, 0.1) is 11.9 Å². The fourth-order valence-electron chi connectivity index (χ4n) is 2.60. The molecule has 0 fully saturated rings. The molecule has 1 heterocycles. The van der Waals surface area contributed by atoms with Crippen LogP contribution in [0.25, 0.3) is 10.9 Å². The average molecular weight is 326 g/mol. The van der Waals surface area contributed by atoms with Crippen molar-refractivity contribution in [2.75, 3.05) is 7.05 Å². The predicted molar refractivity (Wildman–Crippen MR) is 88.3 cm³/mol. The zero-order valence-corrected chi connectivity index (χ0v) is 13.2. The molecule has 0 bridgehead atoms. The standard InChI is InChI=1S/C19H16F2N2O/c1-23(12-15-7-8-16(20)11-17(15)21)18(24)10-14-5-2-4-13-6-3-9-22-19(13)14/h2-9,11H,10,12H2,1H3. The van der Waals surface area contributed by atoms with Crippen molar-refractivity contribution in [2.45, 2.75) is 13.0 Å². The molecule has 2 aromatic carbocycles. The maximum absolute atomic E-state index is 13.7. The number of halogens is 2. The highest BCUT2D eigenvalue weighted by Crippen LogP contribution is 2.18. The third-order valence-corrected chi connectivity index (χ3v) is 3.91. The van der Waals surface area contributed by atoms with Crippen molar-refractivity contribution in [3.05, 3.63) is 77.5 Å². The first kappa shape index (κ1) is 16.1. The number of carbonyl (C=O) groups is 1. The highest BCUT2D eigenvalue weighted by molar-refractivity contribution is 5.87. The zero-order chi connectivity index (χ0) is 17.1. The van der Waals surface area contributed by atoms with Gasteiger partial charge in [-0.15, -0.1) is 0 Å². The van der Waals surface area contributed by atoms with Crippen LogP contribution in [-0.2, 0) is 17.8 Å². The molecular formula is C19H16F2N2O. The van der Waals surface area contributed by atoms with Crippen LogP contribution in [0.1, 0.15) is 11.1 Å². The Morgan fingerprint density at radius 1 is 1.08 bits per heavy atom. The number of fused-ring (bicyclic) bond motifs is 1. The number of benzene rings is 2. The minimum Gasteiger partial charge on any atom is -0.341 e. The molecule has 0 aliphatic rings. The Labute approximate surface area is 138 Å². The Morgan fingerprint density at radius 3 is 2.67 bits per heavy atom. The summed E-state index contributed by atoms with van der Waals surface area (Å²) in [5.41, 5.74) is 1.89. The van der Waals surface area contributed by atoms with Crippen molar-refractivity contribution in [1.82, 2.24) is 9.88 Å². The van der Waals surface area contributed by atoms with E-state index in [2.05, 4.69) is 4.98 Å². The number of nitrogens with zero attached hydrogens (tertiary/aromatic N) is 2. The SMILES string of the molecule is CN(Cc1ccc(F)cc1F)C(=O)Cc1cccc2cccnc12. The van der Waals surface area contributed by atoms with Crippen molar-refractivity contribution < 1.29 is 13.6 Å². The van der Waals surface area contributed by atoms with Crippen LogP contribution in [-0.4, -0.2) is 22.8 Å². The van der Waals surface area contributed by atoms with Crippen LogP contribution in [0.15, 0.2) is 54.7 Å². The molecule has 24 heavy (non-hydrogen) atoms. The maximum Gasteiger partial charge on any atom is 0.227 e. The van der Waals surface area contributed by atoms with Gasteiger partial charge in [-0.25, -0.2) is 8.78 Å². The molecule has 5 heteroatoms. The summed E-state index contributed by atoms with van der Waals surface area (Å²) in [5.74, 6) is -1.44. The molecule has 0 N–H and O–H groups in total. The van der Waals surface area contributed by atoms with Gasteiger partial charge in [0.1, 0.15) is 11.6 Å². The van der Waals surface area contributed by atoms with Crippen molar-refractivity contribution in [3.8, 4) is 0 Å². The minimum atomic E-state index is -0.651. The highest BCUT2D eigenvalue weighted by Gasteiger charge is 2.14. The van der Waals surface area contributed by atoms with E-state index in [1.54, 1.807) is 13.2 Å². The molecule has 0 saturated carbocycles. The smallest absolute Gasteiger partial charge is 0.227 e. The highest BCUT2D eigenvalue weighted by atomic mass is 19.1. The van der Waals surface area contributed by atoms with Gasteiger partial charge in [-0.3, -0.25) is 9.78 Å². The van der Waals surface area contributed by atoms with Crippen LogP contribution in [0.4, 0.5) is 8.78 Å². The number of aromatic nitrogens is 1. The minimum absolute atomic E-state index is 0.0864. The second kappa shape index (κ2) is 6.74. The molecule has 122 valence electrons. The fraction of sp³-hybridized carbons (Fsp3) is 0.158.